The number of nitrogens with zero attached hydrogens (tertiary/aromatic N) is 1. The van der Waals surface area contributed by atoms with Gasteiger partial charge in [-0.2, -0.15) is 0 Å². The molecule has 0 bridgehead atoms. The van der Waals surface area contributed by atoms with Crippen molar-refractivity contribution in [3.05, 3.63) is 23.8 Å². The Bertz CT molecular complexity index is 226. The normalized spacial score (nSPS) is 12.1. The van der Waals surface area contributed by atoms with Gasteiger partial charge >= 0.3 is 0 Å². The van der Waals surface area contributed by atoms with Gasteiger partial charge in [-0.05, 0) is 13.3 Å². The number of carbonyl (C=O) groups excluding carboxylic acids is 1. The predicted molar refractivity (Wildman–Crippen MR) is 61.1 cm³/mol. The lowest BCUT2D eigenvalue weighted by Gasteiger charge is -2.09. The minimum atomic E-state index is 0.0742. The van der Waals surface area contributed by atoms with Crippen molar-refractivity contribution in [3.63, 3.8) is 0 Å². The van der Waals surface area contributed by atoms with Crippen LogP contribution in [0.1, 0.15) is 33.1 Å². The fraction of sp³-hybridized carbons (Fsp3) is 0.583. The second-order valence-electron chi connectivity index (χ2n) is 3.62. The minimum absolute atomic E-state index is 0.0742. The van der Waals surface area contributed by atoms with Crippen molar-refractivity contribution in [2.75, 3.05) is 14.1 Å². The average molecular weight is 195 g/mol. The first-order chi connectivity index (χ1) is 6.59. The van der Waals surface area contributed by atoms with Crippen LogP contribution in [-0.4, -0.2) is 24.9 Å². The lowest BCUT2D eigenvalue weighted by molar-refractivity contribution is -0.124. The molecule has 1 amide bonds. The van der Waals surface area contributed by atoms with Gasteiger partial charge in [0.1, 0.15) is 0 Å². The SMILES string of the molecule is CCCC/C=C/C=C(/C)C(=O)N(C)C. The molecule has 0 unspecified atom stereocenters. The van der Waals surface area contributed by atoms with E-state index in [0.29, 0.717) is 0 Å². The summed E-state index contributed by atoms with van der Waals surface area (Å²) in [7, 11) is 3.53. The van der Waals surface area contributed by atoms with E-state index in [4.69, 9.17) is 0 Å². The van der Waals surface area contributed by atoms with Gasteiger partial charge in [0.25, 0.3) is 0 Å². The van der Waals surface area contributed by atoms with Gasteiger partial charge in [0.2, 0.25) is 5.91 Å². The molecule has 80 valence electrons. The topological polar surface area (TPSA) is 20.3 Å². The molecule has 0 aliphatic carbocycles. The molecule has 0 heterocycles. The van der Waals surface area contributed by atoms with Gasteiger partial charge in [-0.15, -0.1) is 0 Å². The Kier molecular flexibility index (Phi) is 6.81. The van der Waals surface area contributed by atoms with Crippen molar-refractivity contribution in [3.8, 4) is 0 Å². The standard InChI is InChI=1S/C12H21NO/c1-5-6-7-8-9-10-11(2)12(14)13(3)4/h8-10H,5-7H2,1-4H3/b9-8+,11-10-. The highest BCUT2D eigenvalue weighted by Gasteiger charge is 2.03. The van der Waals surface area contributed by atoms with E-state index in [0.717, 1.165) is 12.0 Å². The van der Waals surface area contributed by atoms with Crippen LogP contribution in [0.25, 0.3) is 0 Å². The third-order valence-electron chi connectivity index (χ3n) is 1.95. The molecule has 0 atom stereocenters. The smallest absolute Gasteiger partial charge is 0.248 e. The number of unbranched alkanes of at least 4 members (excludes halogenated alkanes) is 2. The van der Waals surface area contributed by atoms with Crippen LogP contribution in [0.3, 0.4) is 0 Å². The summed E-state index contributed by atoms with van der Waals surface area (Å²) in [4.78, 5) is 13.0. The second kappa shape index (κ2) is 7.36. The van der Waals surface area contributed by atoms with Crippen LogP contribution in [0.5, 0.6) is 0 Å². The van der Waals surface area contributed by atoms with Crippen molar-refractivity contribution in [1.82, 2.24) is 4.90 Å². The fourth-order valence-electron chi connectivity index (χ4n) is 1.05. The van der Waals surface area contributed by atoms with Gasteiger partial charge in [0.15, 0.2) is 0 Å². The quantitative estimate of drug-likeness (QED) is 0.375. The summed E-state index contributed by atoms with van der Waals surface area (Å²) >= 11 is 0. The molecule has 0 aliphatic heterocycles. The molecule has 0 aliphatic rings. The number of allylic oxidation sites excluding steroid dienone is 3. The van der Waals surface area contributed by atoms with Crippen molar-refractivity contribution in [2.24, 2.45) is 0 Å². The summed E-state index contributed by atoms with van der Waals surface area (Å²) in [5.74, 6) is 0.0742. The minimum Gasteiger partial charge on any atom is -0.345 e. The van der Waals surface area contributed by atoms with Crippen molar-refractivity contribution in [1.29, 1.82) is 0 Å². The summed E-state index contributed by atoms with van der Waals surface area (Å²) in [6, 6.07) is 0. The van der Waals surface area contributed by atoms with Crippen LogP contribution < -0.4 is 0 Å². The average Bonchev–Trinajstić information content (AvgIpc) is 2.16. The first kappa shape index (κ1) is 12.9. The lowest BCUT2D eigenvalue weighted by Crippen LogP contribution is -2.22. The second-order valence-corrected chi connectivity index (χ2v) is 3.62. The molecule has 0 fully saturated rings. The van der Waals surface area contributed by atoms with Crippen LogP contribution in [-0.2, 0) is 4.79 Å². The summed E-state index contributed by atoms with van der Waals surface area (Å²) in [5, 5.41) is 0. The number of amides is 1. The fourth-order valence-corrected chi connectivity index (χ4v) is 1.05. The summed E-state index contributed by atoms with van der Waals surface area (Å²) in [6.45, 7) is 4.01. The molecule has 0 rings (SSSR count). The van der Waals surface area contributed by atoms with E-state index in [2.05, 4.69) is 13.0 Å². The van der Waals surface area contributed by atoms with Crippen LogP contribution in [0.15, 0.2) is 23.8 Å². The van der Waals surface area contributed by atoms with E-state index in [1.807, 2.05) is 19.1 Å². The lowest BCUT2D eigenvalue weighted by atomic mass is 10.2. The highest BCUT2D eigenvalue weighted by Crippen LogP contribution is 1.99. The number of carbonyl (C=O) groups is 1. The Hall–Kier alpha value is -1.05. The molecule has 2 nitrogen and oxygen atoms in total. The number of rotatable bonds is 5. The molecular formula is C12H21NO. The summed E-state index contributed by atoms with van der Waals surface area (Å²) in [6.07, 6.45) is 9.46. The first-order valence-corrected chi connectivity index (χ1v) is 5.14. The van der Waals surface area contributed by atoms with E-state index in [1.54, 1.807) is 19.0 Å². The van der Waals surface area contributed by atoms with Gasteiger partial charge in [0.05, 0.1) is 0 Å². The molecule has 2 heteroatoms. The molecule has 0 spiro atoms. The van der Waals surface area contributed by atoms with E-state index < -0.39 is 0 Å². The Labute approximate surface area is 87.3 Å². The molecule has 0 aromatic heterocycles. The molecule has 0 aromatic carbocycles. The van der Waals surface area contributed by atoms with Crippen LogP contribution >= 0.6 is 0 Å². The maximum atomic E-state index is 11.4. The largest absolute Gasteiger partial charge is 0.345 e. The van der Waals surface area contributed by atoms with Crippen LogP contribution in [0, 0.1) is 0 Å². The molecule has 0 saturated carbocycles. The van der Waals surface area contributed by atoms with Crippen molar-refractivity contribution < 1.29 is 4.79 Å². The van der Waals surface area contributed by atoms with E-state index in [-0.39, 0.29) is 5.91 Å². The van der Waals surface area contributed by atoms with Gasteiger partial charge in [-0.25, -0.2) is 0 Å². The van der Waals surface area contributed by atoms with Gasteiger partial charge in [0, 0.05) is 19.7 Å². The highest BCUT2D eigenvalue weighted by molar-refractivity contribution is 5.92. The third-order valence-corrected chi connectivity index (χ3v) is 1.95. The number of hydrogen-bond donors (Lipinski definition) is 0. The highest BCUT2D eigenvalue weighted by atomic mass is 16.2. The van der Waals surface area contributed by atoms with E-state index in [1.165, 1.54) is 12.8 Å². The molecule has 0 radical (unpaired) electrons. The zero-order chi connectivity index (χ0) is 11.0. The zero-order valence-corrected chi connectivity index (χ0v) is 9.71. The van der Waals surface area contributed by atoms with Crippen LogP contribution in [0.4, 0.5) is 0 Å². The van der Waals surface area contributed by atoms with E-state index >= 15 is 0 Å². The molecular weight excluding hydrogens is 174 g/mol. The Morgan fingerprint density at radius 3 is 2.50 bits per heavy atom. The first-order valence-electron chi connectivity index (χ1n) is 5.14. The molecule has 0 aromatic rings. The molecule has 0 N–H and O–H groups in total. The van der Waals surface area contributed by atoms with Crippen molar-refractivity contribution >= 4 is 5.91 Å². The monoisotopic (exact) mass is 195 g/mol. The van der Waals surface area contributed by atoms with Crippen molar-refractivity contribution in [2.45, 2.75) is 33.1 Å². The maximum Gasteiger partial charge on any atom is 0.248 e. The van der Waals surface area contributed by atoms with Crippen LogP contribution in [0.2, 0.25) is 0 Å². The summed E-state index contributed by atoms with van der Waals surface area (Å²) < 4.78 is 0. The summed E-state index contributed by atoms with van der Waals surface area (Å²) in [5.41, 5.74) is 0.780. The Morgan fingerprint density at radius 1 is 1.36 bits per heavy atom. The Balaban J connectivity index is 3.99. The van der Waals surface area contributed by atoms with Gasteiger partial charge in [-0.3, -0.25) is 4.79 Å². The van der Waals surface area contributed by atoms with E-state index in [9.17, 15) is 4.79 Å². The zero-order valence-electron chi connectivity index (χ0n) is 9.71. The van der Waals surface area contributed by atoms with Gasteiger partial charge in [-0.1, -0.05) is 38.0 Å². The number of hydrogen-bond acceptors (Lipinski definition) is 1. The molecule has 14 heavy (non-hydrogen) atoms. The molecule has 0 saturated heterocycles. The maximum absolute atomic E-state index is 11.4. The van der Waals surface area contributed by atoms with Gasteiger partial charge < -0.3 is 4.90 Å². The Morgan fingerprint density at radius 2 is 2.00 bits per heavy atom. The number of likely N-dealkylation sites (N-methyl/N-ethyl adjacent to an activating group) is 1. The third kappa shape index (κ3) is 5.57. The predicted octanol–water partition coefficient (Wildman–Crippen LogP) is 2.77.